The molecule has 10 nitrogen and oxygen atoms in total. The Morgan fingerprint density at radius 2 is 1.95 bits per heavy atom. The molecule has 3 N–H and O–H groups in total. The number of fused-ring (bicyclic) bond motifs is 2. The number of alkyl halides is 3. The predicted molar refractivity (Wildman–Crippen MR) is 141 cm³/mol. The summed E-state index contributed by atoms with van der Waals surface area (Å²) in [6.45, 7) is 8.87. The van der Waals surface area contributed by atoms with Crippen LogP contribution in [0.1, 0.15) is 52.5 Å². The molecule has 1 saturated carbocycles. The van der Waals surface area contributed by atoms with Gasteiger partial charge in [-0.2, -0.15) is 14.0 Å². The molecule has 6 atom stereocenters. The van der Waals surface area contributed by atoms with E-state index in [4.69, 9.17) is 23.2 Å². The molecule has 216 valence electrons. The number of hydrogen-bond acceptors (Lipinski definition) is 6. The number of nitriles is 1. The standard InChI is InChI=1S/C26H30Cl2F2N6O4/c1-24(2,3)18(34-23(40)26(28,29)30)22(39)36-10-15-16(25(15,4)5)17(36)21(38)33-12(8-31)7-14-13-6-11(27)9-32-19(13)35-20(14)37/h6,9,12,14-18H,7,10H2,1-5H3,(H,33,38)(H,34,40)(H,32,35,37)/t12-,14?,15-,16-,17-,18+/m0/s1. The van der Waals surface area contributed by atoms with Crippen LogP contribution in [0.4, 0.5) is 14.6 Å². The monoisotopic (exact) mass is 598 g/mol. The Morgan fingerprint density at radius 3 is 2.52 bits per heavy atom. The quantitative estimate of drug-likeness (QED) is 0.411. The van der Waals surface area contributed by atoms with Gasteiger partial charge in [-0.15, -0.1) is 0 Å². The van der Waals surface area contributed by atoms with Crippen LogP contribution in [0.2, 0.25) is 5.02 Å². The number of nitrogens with zero attached hydrogens (tertiary/aromatic N) is 3. The molecule has 1 aromatic heterocycles. The summed E-state index contributed by atoms with van der Waals surface area (Å²) < 4.78 is 26.9. The lowest BCUT2D eigenvalue weighted by molar-refractivity contribution is -0.148. The molecule has 1 unspecified atom stereocenters. The lowest BCUT2D eigenvalue weighted by atomic mass is 9.85. The highest BCUT2D eigenvalue weighted by Crippen LogP contribution is 2.65. The van der Waals surface area contributed by atoms with Crippen molar-refractivity contribution in [3.8, 4) is 6.07 Å². The number of amides is 4. The third-order valence-electron chi connectivity index (χ3n) is 8.17. The van der Waals surface area contributed by atoms with Crippen LogP contribution < -0.4 is 16.0 Å². The SMILES string of the molecule is CC(C)(C)[C@H](NC(=O)C(F)(F)Cl)C(=O)N1C[C@H]2[C@@H]([C@H]1C(=O)N[C@H](C#N)CC1C(=O)Nc3ncc(Cl)cc31)C2(C)C. The fourth-order valence-electron chi connectivity index (χ4n) is 5.88. The molecule has 0 aromatic carbocycles. The minimum Gasteiger partial charge on any atom is -0.339 e. The number of carbonyl (C=O) groups is 4. The Morgan fingerprint density at radius 1 is 1.30 bits per heavy atom. The van der Waals surface area contributed by atoms with Crippen LogP contribution in [-0.2, 0) is 19.2 Å². The first-order valence-electron chi connectivity index (χ1n) is 12.7. The van der Waals surface area contributed by atoms with Crippen LogP contribution in [-0.4, -0.2) is 63.6 Å². The topological polar surface area (TPSA) is 144 Å². The van der Waals surface area contributed by atoms with Crippen LogP contribution in [0.3, 0.4) is 0 Å². The number of piperidine rings is 1. The number of rotatable bonds is 7. The van der Waals surface area contributed by atoms with Gasteiger partial charge in [0.25, 0.3) is 0 Å². The van der Waals surface area contributed by atoms with Crippen molar-refractivity contribution in [2.24, 2.45) is 22.7 Å². The lowest BCUT2D eigenvalue weighted by Crippen LogP contribution is -2.61. The highest BCUT2D eigenvalue weighted by molar-refractivity contribution is 6.32. The molecule has 3 aliphatic rings. The molecule has 1 aromatic rings. The van der Waals surface area contributed by atoms with Crippen molar-refractivity contribution in [1.82, 2.24) is 20.5 Å². The van der Waals surface area contributed by atoms with Crippen molar-refractivity contribution in [2.45, 2.75) is 70.5 Å². The summed E-state index contributed by atoms with van der Waals surface area (Å²) >= 11 is 10.9. The van der Waals surface area contributed by atoms with Crippen molar-refractivity contribution < 1.29 is 28.0 Å². The van der Waals surface area contributed by atoms with E-state index in [-0.39, 0.29) is 36.1 Å². The minimum absolute atomic E-state index is 0.0424. The highest BCUT2D eigenvalue weighted by atomic mass is 35.5. The van der Waals surface area contributed by atoms with Gasteiger partial charge in [-0.1, -0.05) is 46.2 Å². The first-order chi connectivity index (χ1) is 18.4. The van der Waals surface area contributed by atoms with E-state index in [1.807, 2.05) is 25.2 Å². The molecule has 3 heterocycles. The number of likely N-dealkylation sites (tertiary alicyclic amines) is 1. The van der Waals surface area contributed by atoms with Crippen LogP contribution in [0.25, 0.3) is 0 Å². The fraction of sp³-hybridized carbons (Fsp3) is 0.615. The van der Waals surface area contributed by atoms with E-state index in [1.165, 1.54) is 11.1 Å². The van der Waals surface area contributed by atoms with E-state index < -0.39 is 52.6 Å². The molecule has 0 radical (unpaired) electrons. The second-order valence-electron chi connectivity index (χ2n) is 12.2. The lowest BCUT2D eigenvalue weighted by Gasteiger charge is -2.38. The van der Waals surface area contributed by atoms with E-state index >= 15 is 0 Å². The number of aromatic nitrogens is 1. The van der Waals surface area contributed by atoms with Gasteiger partial charge in [-0.25, -0.2) is 4.98 Å². The summed E-state index contributed by atoms with van der Waals surface area (Å²) in [7, 11) is 0. The summed E-state index contributed by atoms with van der Waals surface area (Å²) in [5, 5.41) is 13.3. The third-order valence-corrected chi connectivity index (χ3v) is 8.55. The molecule has 0 spiro atoms. The average molecular weight is 599 g/mol. The number of pyridine rings is 1. The van der Waals surface area contributed by atoms with Gasteiger partial charge in [0.15, 0.2) is 0 Å². The number of halogens is 4. The Kier molecular flexibility index (Phi) is 7.56. The second-order valence-corrected chi connectivity index (χ2v) is 13.1. The van der Waals surface area contributed by atoms with Gasteiger partial charge in [0, 0.05) is 18.3 Å². The van der Waals surface area contributed by atoms with Crippen molar-refractivity contribution in [1.29, 1.82) is 5.26 Å². The molecule has 14 heteroatoms. The molecular formula is C26H30Cl2F2N6O4. The van der Waals surface area contributed by atoms with Crippen molar-refractivity contribution in [3.63, 3.8) is 0 Å². The van der Waals surface area contributed by atoms with Gasteiger partial charge in [0.05, 0.1) is 17.0 Å². The molecule has 0 bridgehead atoms. The summed E-state index contributed by atoms with van der Waals surface area (Å²) in [4.78, 5) is 57.3. The summed E-state index contributed by atoms with van der Waals surface area (Å²) in [6.07, 6.45) is 1.32. The van der Waals surface area contributed by atoms with Crippen LogP contribution >= 0.6 is 23.2 Å². The van der Waals surface area contributed by atoms with Gasteiger partial charge < -0.3 is 20.9 Å². The van der Waals surface area contributed by atoms with E-state index in [0.29, 0.717) is 16.4 Å². The van der Waals surface area contributed by atoms with Crippen molar-refractivity contribution in [3.05, 3.63) is 22.8 Å². The van der Waals surface area contributed by atoms with E-state index in [9.17, 15) is 33.2 Å². The molecule has 2 aliphatic heterocycles. The highest BCUT2D eigenvalue weighted by Gasteiger charge is 2.70. The number of anilines is 1. The number of nitrogens with one attached hydrogen (secondary N) is 3. The van der Waals surface area contributed by atoms with Crippen LogP contribution in [0.5, 0.6) is 0 Å². The number of hydrogen-bond donors (Lipinski definition) is 3. The van der Waals surface area contributed by atoms with Crippen molar-refractivity contribution >= 4 is 52.6 Å². The van der Waals surface area contributed by atoms with Gasteiger partial charge >= 0.3 is 11.3 Å². The van der Waals surface area contributed by atoms with Gasteiger partial charge in [-0.3, -0.25) is 19.2 Å². The summed E-state index contributed by atoms with van der Waals surface area (Å²) in [5.41, 5.74) is -0.767. The Labute approximate surface area is 240 Å². The first kappa shape index (κ1) is 29.9. The number of carbonyl (C=O) groups excluding carboxylic acids is 4. The molecule has 1 aliphatic carbocycles. The average Bonchev–Trinajstić information content (AvgIpc) is 3.14. The fourth-order valence-corrected chi connectivity index (χ4v) is 6.10. The molecular weight excluding hydrogens is 569 g/mol. The zero-order valence-electron chi connectivity index (χ0n) is 22.5. The van der Waals surface area contributed by atoms with Gasteiger partial charge in [0.2, 0.25) is 17.7 Å². The van der Waals surface area contributed by atoms with E-state index in [1.54, 1.807) is 26.8 Å². The zero-order valence-corrected chi connectivity index (χ0v) is 24.0. The van der Waals surface area contributed by atoms with E-state index in [2.05, 4.69) is 15.6 Å². The van der Waals surface area contributed by atoms with Gasteiger partial charge in [-0.05, 0) is 46.8 Å². The zero-order chi connectivity index (χ0) is 29.9. The van der Waals surface area contributed by atoms with Crippen LogP contribution in [0, 0.1) is 34.0 Å². The Hall–Kier alpha value is -3.04. The summed E-state index contributed by atoms with van der Waals surface area (Å²) in [5.74, 6) is -4.27. The van der Waals surface area contributed by atoms with E-state index in [0.717, 1.165) is 0 Å². The minimum atomic E-state index is -4.22. The van der Waals surface area contributed by atoms with Crippen molar-refractivity contribution in [2.75, 3.05) is 11.9 Å². The summed E-state index contributed by atoms with van der Waals surface area (Å²) in [6, 6.07) is 0.0711. The predicted octanol–water partition coefficient (Wildman–Crippen LogP) is 3.01. The largest absolute Gasteiger partial charge is 0.399 e. The maximum absolute atomic E-state index is 13.7. The molecule has 2 fully saturated rings. The Balaban J connectivity index is 1.55. The third kappa shape index (κ3) is 5.46. The smallest absolute Gasteiger partial charge is 0.339 e. The maximum atomic E-state index is 13.7. The molecule has 4 amide bonds. The van der Waals surface area contributed by atoms with Gasteiger partial charge in [0.1, 0.15) is 23.9 Å². The molecule has 40 heavy (non-hydrogen) atoms. The first-order valence-corrected chi connectivity index (χ1v) is 13.5. The molecule has 4 rings (SSSR count). The second kappa shape index (κ2) is 10.1. The Bertz CT molecular complexity index is 1310. The maximum Gasteiger partial charge on any atom is 0.399 e. The van der Waals surface area contributed by atoms with Crippen LogP contribution in [0.15, 0.2) is 12.3 Å². The normalized spacial score (nSPS) is 26.1. The molecule has 1 saturated heterocycles.